The van der Waals surface area contributed by atoms with Gasteiger partial charge in [-0.2, -0.15) is 0 Å². The van der Waals surface area contributed by atoms with E-state index >= 15 is 0 Å². The van der Waals surface area contributed by atoms with E-state index in [-0.39, 0.29) is 5.92 Å². The van der Waals surface area contributed by atoms with Crippen molar-refractivity contribution >= 4 is 17.1 Å². The standard InChI is InChI=1S/C17H22N2O2S/c1-3-15(20)13-6-4-8-19(10-13)11-14-12(2)21-17(18-14)16-7-5-9-22-16/h5,7,9,13H,3-4,6,8,10-11H2,1-2H3/t13-/m0/s1. The first-order valence-electron chi connectivity index (χ1n) is 7.92. The molecular weight excluding hydrogens is 296 g/mol. The number of likely N-dealkylation sites (tertiary alicyclic amines) is 1. The van der Waals surface area contributed by atoms with E-state index in [0.29, 0.717) is 18.1 Å². The molecule has 0 aliphatic carbocycles. The number of Topliss-reactive ketones (excluding diaryl/α,β-unsaturated/α-hetero) is 1. The molecule has 5 heteroatoms. The highest BCUT2D eigenvalue weighted by atomic mass is 32.1. The van der Waals surface area contributed by atoms with Crippen LogP contribution < -0.4 is 0 Å². The Labute approximate surface area is 135 Å². The summed E-state index contributed by atoms with van der Waals surface area (Å²) in [5.74, 6) is 2.18. The molecule has 118 valence electrons. The second-order valence-electron chi connectivity index (χ2n) is 5.89. The maximum absolute atomic E-state index is 11.9. The van der Waals surface area contributed by atoms with Gasteiger partial charge in [0.05, 0.1) is 10.6 Å². The third-order valence-electron chi connectivity index (χ3n) is 4.31. The summed E-state index contributed by atoms with van der Waals surface area (Å²) in [6.45, 7) is 6.59. The Bertz CT molecular complexity index is 633. The maximum Gasteiger partial charge on any atom is 0.236 e. The molecule has 1 aliphatic rings. The first kappa shape index (κ1) is 15.4. The van der Waals surface area contributed by atoms with E-state index in [1.807, 2.05) is 31.4 Å². The molecule has 0 N–H and O–H groups in total. The van der Waals surface area contributed by atoms with Crippen LogP contribution in [0, 0.1) is 12.8 Å². The van der Waals surface area contributed by atoms with Crippen LogP contribution in [0.2, 0.25) is 0 Å². The molecule has 2 aromatic heterocycles. The monoisotopic (exact) mass is 318 g/mol. The van der Waals surface area contributed by atoms with Gasteiger partial charge in [0, 0.05) is 25.4 Å². The summed E-state index contributed by atoms with van der Waals surface area (Å²) in [6.07, 6.45) is 2.76. The normalized spacial score (nSPS) is 19.5. The Morgan fingerprint density at radius 2 is 2.41 bits per heavy atom. The molecule has 2 aromatic rings. The number of oxazole rings is 1. The zero-order valence-electron chi connectivity index (χ0n) is 13.2. The Balaban J connectivity index is 1.69. The zero-order valence-corrected chi connectivity index (χ0v) is 14.0. The molecule has 0 unspecified atom stereocenters. The third kappa shape index (κ3) is 3.31. The number of carbonyl (C=O) groups is 1. The van der Waals surface area contributed by atoms with E-state index in [2.05, 4.69) is 9.88 Å². The van der Waals surface area contributed by atoms with Crippen molar-refractivity contribution in [3.8, 4) is 10.8 Å². The molecule has 0 saturated carbocycles. The van der Waals surface area contributed by atoms with Crippen LogP contribution in [0.5, 0.6) is 0 Å². The minimum absolute atomic E-state index is 0.197. The number of aryl methyl sites for hydroxylation is 1. The molecule has 1 aliphatic heterocycles. The second-order valence-corrected chi connectivity index (χ2v) is 6.84. The number of piperidine rings is 1. The molecule has 0 radical (unpaired) electrons. The smallest absolute Gasteiger partial charge is 0.236 e. The van der Waals surface area contributed by atoms with Crippen molar-refractivity contribution in [2.75, 3.05) is 13.1 Å². The molecule has 22 heavy (non-hydrogen) atoms. The number of ketones is 1. The lowest BCUT2D eigenvalue weighted by atomic mass is 9.92. The molecule has 0 amide bonds. The van der Waals surface area contributed by atoms with Crippen molar-refractivity contribution in [3.63, 3.8) is 0 Å². The van der Waals surface area contributed by atoms with Gasteiger partial charge < -0.3 is 4.42 Å². The third-order valence-corrected chi connectivity index (χ3v) is 5.17. The van der Waals surface area contributed by atoms with E-state index in [1.165, 1.54) is 0 Å². The Morgan fingerprint density at radius 1 is 1.55 bits per heavy atom. The summed E-state index contributed by atoms with van der Waals surface area (Å²) in [6, 6.07) is 4.03. The fourth-order valence-corrected chi connectivity index (χ4v) is 3.69. The van der Waals surface area contributed by atoms with Crippen molar-refractivity contribution in [2.45, 2.75) is 39.7 Å². The molecule has 1 fully saturated rings. The summed E-state index contributed by atoms with van der Waals surface area (Å²) in [5, 5.41) is 2.03. The topological polar surface area (TPSA) is 46.3 Å². The Kier molecular flexibility index (Phi) is 4.74. The highest BCUT2D eigenvalue weighted by Gasteiger charge is 2.25. The van der Waals surface area contributed by atoms with Gasteiger partial charge >= 0.3 is 0 Å². The minimum Gasteiger partial charge on any atom is -0.440 e. The first-order chi connectivity index (χ1) is 10.7. The van der Waals surface area contributed by atoms with Gasteiger partial charge in [-0.25, -0.2) is 4.98 Å². The predicted molar refractivity (Wildman–Crippen MR) is 87.9 cm³/mol. The van der Waals surface area contributed by atoms with Gasteiger partial charge in [0.2, 0.25) is 5.89 Å². The largest absolute Gasteiger partial charge is 0.440 e. The van der Waals surface area contributed by atoms with Gasteiger partial charge in [0.1, 0.15) is 11.5 Å². The van der Waals surface area contributed by atoms with E-state index in [1.54, 1.807) is 11.3 Å². The van der Waals surface area contributed by atoms with Crippen LogP contribution in [0.3, 0.4) is 0 Å². The summed E-state index contributed by atoms with van der Waals surface area (Å²) >= 11 is 1.64. The Hall–Kier alpha value is -1.46. The fraction of sp³-hybridized carbons (Fsp3) is 0.529. The van der Waals surface area contributed by atoms with Gasteiger partial charge in [-0.15, -0.1) is 11.3 Å². The molecule has 3 heterocycles. The number of rotatable bonds is 5. The molecule has 0 spiro atoms. The SMILES string of the molecule is CCC(=O)[C@H]1CCCN(Cc2nc(-c3cccs3)oc2C)C1. The lowest BCUT2D eigenvalue weighted by molar-refractivity contribution is -0.124. The van der Waals surface area contributed by atoms with Crippen molar-refractivity contribution in [1.82, 2.24) is 9.88 Å². The van der Waals surface area contributed by atoms with E-state index < -0.39 is 0 Å². The van der Waals surface area contributed by atoms with Gasteiger partial charge in [-0.05, 0) is 37.8 Å². The molecular formula is C17H22N2O2S. The Morgan fingerprint density at radius 3 is 3.14 bits per heavy atom. The highest BCUT2D eigenvalue weighted by molar-refractivity contribution is 7.13. The number of carbonyl (C=O) groups excluding carboxylic acids is 1. The first-order valence-corrected chi connectivity index (χ1v) is 8.80. The van der Waals surface area contributed by atoms with Crippen molar-refractivity contribution < 1.29 is 9.21 Å². The minimum atomic E-state index is 0.197. The van der Waals surface area contributed by atoms with Crippen LogP contribution in [0.1, 0.15) is 37.6 Å². The number of thiophene rings is 1. The van der Waals surface area contributed by atoms with Crippen LogP contribution in [-0.4, -0.2) is 28.8 Å². The summed E-state index contributed by atoms with van der Waals surface area (Å²) in [5.41, 5.74) is 0.994. The quantitative estimate of drug-likeness (QED) is 0.839. The average Bonchev–Trinajstić information content (AvgIpc) is 3.17. The molecule has 1 atom stereocenters. The lowest BCUT2D eigenvalue weighted by Crippen LogP contribution is -2.38. The van der Waals surface area contributed by atoms with Crippen LogP contribution in [-0.2, 0) is 11.3 Å². The number of nitrogens with zero attached hydrogens (tertiary/aromatic N) is 2. The van der Waals surface area contributed by atoms with Crippen molar-refractivity contribution in [2.24, 2.45) is 5.92 Å². The summed E-state index contributed by atoms with van der Waals surface area (Å²) in [4.78, 5) is 20.0. The number of hydrogen-bond donors (Lipinski definition) is 0. The molecule has 4 nitrogen and oxygen atoms in total. The van der Waals surface area contributed by atoms with Crippen LogP contribution in [0.4, 0.5) is 0 Å². The van der Waals surface area contributed by atoms with E-state index in [9.17, 15) is 4.79 Å². The van der Waals surface area contributed by atoms with Gasteiger partial charge in [0.15, 0.2) is 0 Å². The average molecular weight is 318 g/mol. The van der Waals surface area contributed by atoms with Crippen molar-refractivity contribution in [3.05, 3.63) is 29.0 Å². The molecule has 3 rings (SSSR count). The van der Waals surface area contributed by atoms with Crippen LogP contribution in [0.25, 0.3) is 10.8 Å². The number of aromatic nitrogens is 1. The van der Waals surface area contributed by atoms with E-state index in [0.717, 1.165) is 48.8 Å². The highest BCUT2D eigenvalue weighted by Crippen LogP contribution is 2.27. The molecule has 0 aromatic carbocycles. The summed E-state index contributed by atoms with van der Waals surface area (Å²) in [7, 11) is 0. The fourth-order valence-electron chi connectivity index (χ4n) is 3.04. The number of hydrogen-bond acceptors (Lipinski definition) is 5. The predicted octanol–water partition coefficient (Wildman–Crippen LogP) is 3.90. The second kappa shape index (κ2) is 6.75. The molecule has 1 saturated heterocycles. The molecule has 0 bridgehead atoms. The van der Waals surface area contributed by atoms with Gasteiger partial charge in [-0.1, -0.05) is 13.0 Å². The maximum atomic E-state index is 11.9. The van der Waals surface area contributed by atoms with Gasteiger partial charge in [-0.3, -0.25) is 9.69 Å². The van der Waals surface area contributed by atoms with Gasteiger partial charge in [0.25, 0.3) is 0 Å². The van der Waals surface area contributed by atoms with Crippen LogP contribution >= 0.6 is 11.3 Å². The zero-order chi connectivity index (χ0) is 15.5. The lowest BCUT2D eigenvalue weighted by Gasteiger charge is -2.31. The van der Waals surface area contributed by atoms with Crippen LogP contribution in [0.15, 0.2) is 21.9 Å². The van der Waals surface area contributed by atoms with E-state index in [4.69, 9.17) is 4.42 Å². The summed E-state index contributed by atoms with van der Waals surface area (Å²) < 4.78 is 5.80. The van der Waals surface area contributed by atoms with Crippen molar-refractivity contribution in [1.29, 1.82) is 0 Å².